The molecule has 1 N–H and O–H groups in total. The van der Waals surface area contributed by atoms with Crippen LogP contribution in [0.1, 0.15) is 43.5 Å². The molecule has 1 heterocycles. The van der Waals surface area contributed by atoms with Crippen LogP contribution in [0.4, 0.5) is 0 Å². The van der Waals surface area contributed by atoms with Crippen molar-refractivity contribution in [2.75, 3.05) is 6.54 Å². The van der Waals surface area contributed by atoms with Crippen LogP contribution < -0.4 is 5.32 Å². The Morgan fingerprint density at radius 3 is 2.75 bits per heavy atom. The molecule has 0 bridgehead atoms. The first-order valence-corrected chi connectivity index (χ1v) is 5.81. The van der Waals surface area contributed by atoms with Gasteiger partial charge in [0.1, 0.15) is 5.82 Å². The second-order valence-corrected chi connectivity index (χ2v) is 4.08. The molecule has 0 spiro atoms. The lowest BCUT2D eigenvalue weighted by atomic mass is 10.3. The van der Waals surface area contributed by atoms with Crippen molar-refractivity contribution >= 4 is 0 Å². The SMILES string of the molecule is CC#CCCNCc1cnc(C2CC2)nc1. The number of hydrogen-bond acceptors (Lipinski definition) is 3. The van der Waals surface area contributed by atoms with E-state index in [9.17, 15) is 0 Å². The fourth-order valence-corrected chi connectivity index (χ4v) is 1.52. The van der Waals surface area contributed by atoms with Gasteiger partial charge in [0.2, 0.25) is 0 Å². The largest absolute Gasteiger partial charge is 0.312 e. The van der Waals surface area contributed by atoms with Crippen molar-refractivity contribution in [3.63, 3.8) is 0 Å². The highest BCUT2D eigenvalue weighted by Crippen LogP contribution is 2.37. The Hall–Kier alpha value is -1.40. The molecule has 0 radical (unpaired) electrons. The molecule has 1 aromatic rings. The number of nitrogens with zero attached hydrogens (tertiary/aromatic N) is 2. The van der Waals surface area contributed by atoms with E-state index in [4.69, 9.17) is 0 Å². The van der Waals surface area contributed by atoms with Gasteiger partial charge in [-0.05, 0) is 19.8 Å². The average Bonchev–Trinajstić information content (AvgIpc) is 3.14. The Morgan fingerprint density at radius 2 is 2.12 bits per heavy atom. The molecule has 1 aliphatic carbocycles. The monoisotopic (exact) mass is 215 g/mol. The molecule has 0 amide bonds. The highest BCUT2D eigenvalue weighted by Gasteiger charge is 2.25. The third kappa shape index (κ3) is 3.32. The number of nitrogens with one attached hydrogen (secondary N) is 1. The van der Waals surface area contributed by atoms with Gasteiger partial charge < -0.3 is 5.32 Å². The van der Waals surface area contributed by atoms with Gasteiger partial charge >= 0.3 is 0 Å². The molecule has 1 aliphatic rings. The van der Waals surface area contributed by atoms with E-state index in [-0.39, 0.29) is 0 Å². The summed E-state index contributed by atoms with van der Waals surface area (Å²) in [4.78, 5) is 8.75. The topological polar surface area (TPSA) is 37.8 Å². The van der Waals surface area contributed by atoms with Crippen molar-refractivity contribution < 1.29 is 0 Å². The maximum Gasteiger partial charge on any atom is 0.131 e. The van der Waals surface area contributed by atoms with Crippen LogP contribution in [0.5, 0.6) is 0 Å². The first-order valence-electron chi connectivity index (χ1n) is 5.81. The first kappa shape index (κ1) is 11.1. The summed E-state index contributed by atoms with van der Waals surface area (Å²) in [5, 5.41) is 3.32. The molecule has 0 unspecified atom stereocenters. The summed E-state index contributed by atoms with van der Waals surface area (Å²) in [6.45, 7) is 3.62. The summed E-state index contributed by atoms with van der Waals surface area (Å²) in [5.41, 5.74) is 1.15. The zero-order valence-electron chi connectivity index (χ0n) is 9.66. The van der Waals surface area contributed by atoms with E-state index < -0.39 is 0 Å². The Bertz CT molecular complexity index is 382. The molecule has 1 saturated carbocycles. The quantitative estimate of drug-likeness (QED) is 0.602. The van der Waals surface area contributed by atoms with Crippen LogP contribution in [-0.2, 0) is 6.54 Å². The van der Waals surface area contributed by atoms with Gasteiger partial charge in [-0.1, -0.05) is 0 Å². The Balaban J connectivity index is 1.73. The van der Waals surface area contributed by atoms with Crippen LogP contribution in [0.15, 0.2) is 12.4 Å². The maximum absolute atomic E-state index is 4.38. The smallest absolute Gasteiger partial charge is 0.131 e. The van der Waals surface area contributed by atoms with Gasteiger partial charge in [-0.25, -0.2) is 9.97 Å². The number of hydrogen-bond donors (Lipinski definition) is 1. The maximum atomic E-state index is 4.38. The lowest BCUT2D eigenvalue weighted by molar-refractivity contribution is 0.694. The van der Waals surface area contributed by atoms with E-state index in [2.05, 4.69) is 27.1 Å². The Morgan fingerprint density at radius 1 is 1.38 bits per heavy atom. The van der Waals surface area contributed by atoms with Gasteiger partial charge in [-0.15, -0.1) is 11.8 Å². The minimum Gasteiger partial charge on any atom is -0.312 e. The highest BCUT2D eigenvalue weighted by molar-refractivity contribution is 5.10. The third-order valence-electron chi connectivity index (χ3n) is 2.60. The summed E-state index contributed by atoms with van der Waals surface area (Å²) in [6.07, 6.45) is 7.27. The fourth-order valence-electron chi connectivity index (χ4n) is 1.52. The normalized spacial score (nSPS) is 14.3. The number of aromatic nitrogens is 2. The van der Waals surface area contributed by atoms with Gasteiger partial charge in [0, 0.05) is 43.4 Å². The summed E-state index contributed by atoms with van der Waals surface area (Å²) >= 11 is 0. The minimum absolute atomic E-state index is 0.641. The van der Waals surface area contributed by atoms with Crippen LogP contribution in [0, 0.1) is 11.8 Å². The molecule has 84 valence electrons. The summed E-state index contributed by atoms with van der Waals surface area (Å²) < 4.78 is 0. The molecule has 2 rings (SSSR count). The average molecular weight is 215 g/mol. The van der Waals surface area contributed by atoms with Gasteiger partial charge in [0.25, 0.3) is 0 Å². The van der Waals surface area contributed by atoms with Crippen LogP contribution in [-0.4, -0.2) is 16.5 Å². The van der Waals surface area contributed by atoms with E-state index in [0.29, 0.717) is 5.92 Å². The lowest BCUT2D eigenvalue weighted by Crippen LogP contribution is -2.14. The van der Waals surface area contributed by atoms with E-state index in [1.165, 1.54) is 12.8 Å². The molecule has 0 aromatic carbocycles. The highest BCUT2D eigenvalue weighted by atomic mass is 14.9. The van der Waals surface area contributed by atoms with Crippen molar-refractivity contribution in [2.45, 2.75) is 38.6 Å². The van der Waals surface area contributed by atoms with Crippen LogP contribution in [0.3, 0.4) is 0 Å². The molecule has 1 aromatic heterocycles. The lowest BCUT2D eigenvalue weighted by Gasteiger charge is -2.02. The summed E-state index contributed by atoms with van der Waals surface area (Å²) in [7, 11) is 0. The second-order valence-electron chi connectivity index (χ2n) is 4.08. The second kappa shape index (κ2) is 5.62. The van der Waals surface area contributed by atoms with Crippen LogP contribution in [0.2, 0.25) is 0 Å². The molecule has 0 aliphatic heterocycles. The summed E-state index contributed by atoms with van der Waals surface area (Å²) in [6, 6.07) is 0. The van der Waals surface area contributed by atoms with Gasteiger partial charge in [-0.2, -0.15) is 0 Å². The summed E-state index contributed by atoms with van der Waals surface area (Å²) in [5.74, 6) is 7.56. The van der Waals surface area contributed by atoms with Crippen LogP contribution in [0.25, 0.3) is 0 Å². The van der Waals surface area contributed by atoms with Crippen molar-refractivity contribution in [1.29, 1.82) is 0 Å². The van der Waals surface area contributed by atoms with E-state index in [1.807, 2.05) is 19.3 Å². The van der Waals surface area contributed by atoms with Crippen molar-refractivity contribution in [3.8, 4) is 11.8 Å². The van der Waals surface area contributed by atoms with Gasteiger partial charge in [0.15, 0.2) is 0 Å². The van der Waals surface area contributed by atoms with Crippen molar-refractivity contribution in [1.82, 2.24) is 15.3 Å². The zero-order valence-corrected chi connectivity index (χ0v) is 9.66. The first-order chi connectivity index (χ1) is 7.90. The third-order valence-corrected chi connectivity index (χ3v) is 2.60. The van der Waals surface area contributed by atoms with Crippen LogP contribution >= 0.6 is 0 Å². The van der Waals surface area contributed by atoms with Crippen molar-refractivity contribution in [2.24, 2.45) is 0 Å². The predicted octanol–water partition coefficient (Wildman–Crippen LogP) is 1.86. The minimum atomic E-state index is 0.641. The van der Waals surface area contributed by atoms with E-state index in [0.717, 1.165) is 30.9 Å². The van der Waals surface area contributed by atoms with E-state index >= 15 is 0 Å². The van der Waals surface area contributed by atoms with Gasteiger partial charge in [0.05, 0.1) is 0 Å². The van der Waals surface area contributed by atoms with E-state index in [1.54, 1.807) is 0 Å². The molecule has 1 fully saturated rings. The standard InChI is InChI=1S/C13H17N3/c1-2-3-4-7-14-8-11-9-15-13(16-10-11)12-5-6-12/h9-10,12,14H,4-8H2,1H3. The van der Waals surface area contributed by atoms with Gasteiger partial charge in [-0.3, -0.25) is 0 Å². The number of rotatable bonds is 5. The molecule has 3 nitrogen and oxygen atoms in total. The Kier molecular flexibility index (Phi) is 3.90. The molecular weight excluding hydrogens is 198 g/mol. The zero-order chi connectivity index (χ0) is 11.2. The molecule has 3 heteroatoms. The molecule has 0 atom stereocenters. The Labute approximate surface area is 96.7 Å². The molecule has 16 heavy (non-hydrogen) atoms. The molecular formula is C13H17N3. The fraction of sp³-hybridized carbons (Fsp3) is 0.538. The predicted molar refractivity (Wildman–Crippen MR) is 63.8 cm³/mol. The van der Waals surface area contributed by atoms with Crippen molar-refractivity contribution in [3.05, 3.63) is 23.8 Å². The molecule has 0 saturated heterocycles.